The molecule has 0 N–H and O–H groups in total. The average molecular weight is 282 g/mol. The number of carbonyl (C=O) groups is 2. The highest BCUT2D eigenvalue weighted by molar-refractivity contribution is 5.96. The topological polar surface area (TPSA) is 43.4 Å². The number of ketones is 1. The number of ether oxygens (including phenoxy) is 1. The van der Waals surface area contributed by atoms with Crippen molar-refractivity contribution in [3.05, 3.63) is 60.7 Å². The summed E-state index contributed by atoms with van der Waals surface area (Å²) in [5.41, 5.74) is 0.0365. The van der Waals surface area contributed by atoms with E-state index in [1.165, 1.54) is 0 Å². The van der Waals surface area contributed by atoms with Crippen LogP contribution in [0.5, 0.6) is 0 Å². The molecule has 2 bridgehead atoms. The normalized spacial score (nSPS) is 33.8. The third-order valence-electron chi connectivity index (χ3n) is 4.54. The first-order valence-electron chi connectivity index (χ1n) is 7.17. The number of benzene rings is 1. The molecule has 0 heterocycles. The molecule has 1 fully saturated rings. The van der Waals surface area contributed by atoms with E-state index in [4.69, 9.17) is 4.74 Å². The molecule has 21 heavy (non-hydrogen) atoms. The van der Waals surface area contributed by atoms with Crippen LogP contribution >= 0.6 is 0 Å². The average Bonchev–Trinajstić information content (AvgIpc) is 2.51. The summed E-state index contributed by atoms with van der Waals surface area (Å²) in [6, 6.07) is 8.78. The fraction of sp³-hybridized carbons (Fsp3) is 0.333. The fourth-order valence-corrected chi connectivity index (χ4v) is 3.34. The van der Waals surface area contributed by atoms with Gasteiger partial charge >= 0.3 is 5.97 Å². The van der Waals surface area contributed by atoms with Gasteiger partial charge in [-0.3, -0.25) is 4.79 Å². The van der Waals surface area contributed by atoms with Gasteiger partial charge in [0.1, 0.15) is 0 Å². The van der Waals surface area contributed by atoms with E-state index in [2.05, 4.69) is 6.58 Å². The zero-order valence-electron chi connectivity index (χ0n) is 12.0. The Bertz CT molecular complexity index is 617. The minimum absolute atomic E-state index is 0.0135. The molecule has 0 aliphatic heterocycles. The summed E-state index contributed by atoms with van der Waals surface area (Å²) in [6.45, 7) is 5.78. The Morgan fingerprint density at radius 2 is 2.10 bits per heavy atom. The summed E-state index contributed by atoms with van der Waals surface area (Å²) < 4.78 is 5.55. The van der Waals surface area contributed by atoms with Crippen LogP contribution in [0.1, 0.15) is 23.7 Å². The van der Waals surface area contributed by atoms with Gasteiger partial charge in [-0.2, -0.15) is 0 Å². The first-order valence-corrected chi connectivity index (χ1v) is 7.17. The number of Topliss-reactive ketones (excluding diaryl/α,β-unsaturated/α-hetero) is 1. The summed E-state index contributed by atoms with van der Waals surface area (Å²) in [5.74, 6) is -0.524. The Morgan fingerprint density at radius 1 is 1.38 bits per heavy atom. The lowest BCUT2D eigenvalue weighted by Crippen LogP contribution is -2.53. The van der Waals surface area contributed by atoms with Crippen molar-refractivity contribution in [2.24, 2.45) is 17.3 Å². The molecule has 3 aliphatic rings. The van der Waals surface area contributed by atoms with Gasteiger partial charge in [-0.05, 0) is 24.5 Å². The van der Waals surface area contributed by atoms with Crippen molar-refractivity contribution in [3.8, 4) is 0 Å². The van der Waals surface area contributed by atoms with Gasteiger partial charge in [0.25, 0.3) is 0 Å². The number of esters is 1. The highest BCUT2D eigenvalue weighted by Crippen LogP contribution is 2.48. The van der Waals surface area contributed by atoms with Crippen molar-refractivity contribution >= 4 is 11.8 Å². The van der Waals surface area contributed by atoms with E-state index in [0.717, 1.165) is 6.42 Å². The van der Waals surface area contributed by atoms with Gasteiger partial charge in [0, 0.05) is 11.3 Å². The van der Waals surface area contributed by atoms with E-state index in [1.807, 2.05) is 31.2 Å². The maximum absolute atomic E-state index is 12.6. The number of hydrogen-bond acceptors (Lipinski definition) is 3. The van der Waals surface area contributed by atoms with E-state index in [-0.39, 0.29) is 17.6 Å². The lowest BCUT2D eigenvalue weighted by Gasteiger charge is -2.47. The molecule has 0 amide bonds. The number of allylic oxidation sites excluding steroid dienone is 2. The van der Waals surface area contributed by atoms with Gasteiger partial charge in [-0.1, -0.05) is 43.4 Å². The molecule has 1 saturated carbocycles. The summed E-state index contributed by atoms with van der Waals surface area (Å²) >= 11 is 0. The van der Waals surface area contributed by atoms with E-state index < -0.39 is 17.5 Å². The third kappa shape index (κ3) is 2.23. The molecule has 108 valence electrons. The second kappa shape index (κ2) is 4.99. The number of hydrogen-bond donors (Lipinski definition) is 0. The molecule has 0 saturated heterocycles. The monoisotopic (exact) mass is 282 g/mol. The van der Waals surface area contributed by atoms with Crippen LogP contribution in [0.15, 0.2) is 55.1 Å². The maximum atomic E-state index is 12.6. The Labute approximate surface area is 124 Å². The molecule has 4 atom stereocenters. The number of rotatable bonds is 3. The first-order chi connectivity index (χ1) is 10.0. The third-order valence-corrected chi connectivity index (χ3v) is 4.54. The standard InChI is InChI=1S/C18H18O3/c1-3-12-11-18(2)10-9-14(12)15(19)16(18)21-17(20)13-7-5-4-6-8-13/h3-10,12,14,16H,1,11H2,2H3/t12?,14-,16?,18+/m0/s1. The lowest BCUT2D eigenvalue weighted by molar-refractivity contribution is -0.143. The fourth-order valence-electron chi connectivity index (χ4n) is 3.34. The Kier molecular flexibility index (Phi) is 3.28. The minimum Gasteiger partial charge on any atom is -0.450 e. The summed E-state index contributed by atoms with van der Waals surface area (Å²) in [6.07, 6.45) is 5.87. The largest absolute Gasteiger partial charge is 0.450 e. The van der Waals surface area contributed by atoms with Crippen LogP contribution in [-0.4, -0.2) is 17.9 Å². The van der Waals surface area contributed by atoms with Crippen LogP contribution < -0.4 is 0 Å². The van der Waals surface area contributed by atoms with Crippen molar-refractivity contribution in [3.63, 3.8) is 0 Å². The van der Waals surface area contributed by atoms with Crippen LogP contribution in [0.4, 0.5) is 0 Å². The molecule has 2 unspecified atom stereocenters. The Hall–Kier alpha value is -2.16. The minimum atomic E-state index is -0.698. The Balaban J connectivity index is 1.84. The summed E-state index contributed by atoms with van der Waals surface area (Å²) in [5, 5.41) is 0. The first kappa shape index (κ1) is 13.8. The molecule has 1 aromatic carbocycles. The second-order valence-corrected chi connectivity index (χ2v) is 6.05. The molecule has 0 radical (unpaired) electrons. The SMILES string of the molecule is C=CC1C[C@@]2(C)C=C[C@@H]1C(=O)C2OC(=O)c1ccccc1. The maximum Gasteiger partial charge on any atom is 0.338 e. The predicted octanol–water partition coefficient (Wildman–Crippen LogP) is 3.18. The molecule has 3 aliphatic carbocycles. The number of fused-ring (bicyclic) bond motifs is 2. The highest BCUT2D eigenvalue weighted by Gasteiger charge is 2.53. The molecule has 0 aromatic heterocycles. The molecular weight excluding hydrogens is 264 g/mol. The van der Waals surface area contributed by atoms with Crippen molar-refractivity contribution in [1.82, 2.24) is 0 Å². The van der Waals surface area contributed by atoms with Crippen molar-refractivity contribution < 1.29 is 14.3 Å². The van der Waals surface area contributed by atoms with Gasteiger partial charge in [0.2, 0.25) is 0 Å². The highest BCUT2D eigenvalue weighted by atomic mass is 16.5. The van der Waals surface area contributed by atoms with Gasteiger partial charge < -0.3 is 4.74 Å². The molecule has 4 rings (SSSR count). The van der Waals surface area contributed by atoms with Gasteiger partial charge in [0.05, 0.1) is 5.56 Å². The van der Waals surface area contributed by atoms with Gasteiger partial charge in [-0.15, -0.1) is 6.58 Å². The van der Waals surface area contributed by atoms with E-state index in [0.29, 0.717) is 5.56 Å². The van der Waals surface area contributed by atoms with Crippen LogP contribution in [0.3, 0.4) is 0 Å². The van der Waals surface area contributed by atoms with Crippen LogP contribution in [-0.2, 0) is 9.53 Å². The summed E-state index contributed by atoms with van der Waals surface area (Å²) in [4.78, 5) is 24.8. The molecule has 1 aromatic rings. The lowest BCUT2D eigenvalue weighted by atomic mass is 9.59. The van der Waals surface area contributed by atoms with Gasteiger partial charge in [-0.25, -0.2) is 4.79 Å². The van der Waals surface area contributed by atoms with Crippen molar-refractivity contribution in [2.75, 3.05) is 0 Å². The zero-order valence-corrected chi connectivity index (χ0v) is 12.0. The molecule has 3 heteroatoms. The van der Waals surface area contributed by atoms with Crippen LogP contribution in [0, 0.1) is 17.3 Å². The molecule has 0 spiro atoms. The molecular formula is C18H18O3. The van der Waals surface area contributed by atoms with E-state index >= 15 is 0 Å². The predicted molar refractivity (Wildman–Crippen MR) is 79.7 cm³/mol. The van der Waals surface area contributed by atoms with Gasteiger partial charge in [0.15, 0.2) is 11.9 Å². The van der Waals surface area contributed by atoms with Crippen molar-refractivity contribution in [2.45, 2.75) is 19.4 Å². The van der Waals surface area contributed by atoms with Crippen LogP contribution in [0.2, 0.25) is 0 Å². The van der Waals surface area contributed by atoms with E-state index in [9.17, 15) is 9.59 Å². The molecule has 3 nitrogen and oxygen atoms in total. The van der Waals surface area contributed by atoms with Crippen molar-refractivity contribution in [1.29, 1.82) is 0 Å². The zero-order chi connectivity index (χ0) is 15.0. The van der Waals surface area contributed by atoms with Crippen LogP contribution in [0.25, 0.3) is 0 Å². The second-order valence-electron chi connectivity index (χ2n) is 6.05. The smallest absolute Gasteiger partial charge is 0.338 e. The quantitative estimate of drug-likeness (QED) is 0.631. The Morgan fingerprint density at radius 3 is 2.71 bits per heavy atom. The number of carbonyl (C=O) groups excluding carboxylic acids is 2. The van der Waals surface area contributed by atoms with E-state index in [1.54, 1.807) is 24.3 Å². The summed E-state index contributed by atoms with van der Waals surface area (Å²) in [7, 11) is 0.